The van der Waals surface area contributed by atoms with Crippen molar-refractivity contribution in [2.45, 2.75) is 13.8 Å². The molecule has 0 saturated carbocycles. The van der Waals surface area contributed by atoms with Crippen molar-refractivity contribution in [3.8, 4) is 11.1 Å². The molecule has 0 bridgehead atoms. The van der Waals surface area contributed by atoms with E-state index in [1.54, 1.807) is 0 Å². The SMILES string of the molecule is Cc1noc(C)c1-c1cnc2c(I)c[nH]c2c1. The summed E-state index contributed by atoms with van der Waals surface area (Å²) < 4.78 is 6.31. The lowest BCUT2D eigenvalue weighted by Gasteiger charge is -2.00. The van der Waals surface area contributed by atoms with Crippen molar-refractivity contribution in [3.63, 3.8) is 0 Å². The van der Waals surface area contributed by atoms with Gasteiger partial charge in [0.25, 0.3) is 0 Å². The van der Waals surface area contributed by atoms with Gasteiger partial charge in [-0.3, -0.25) is 4.98 Å². The molecule has 3 rings (SSSR count). The van der Waals surface area contributed by atoms with Crippen molar-refractivity contribution in [3.05, 3.63) is 33.5 Å². The molecular formula is C12H10IN3O. The molecule has 0 radical (unpaired) electrons. The van der Waals surface area contributed by atoms with Gasteiger partial charge in [-0.1, -0.05) is 5.16 Å². The van der Waals surface area contributed by atoms with E-state index in [1.807, 2.05) is 26.2 Å². The molecule has 0 aliphatic heterocycles. The molecule has 0 fully saturated rings. The van der Waals surface area contributed by atoms with E-state index in [1.165, 1.54) is 0 Å². The highest BCUT2D eigenvalue weighted by molar-refractivity contribution is 14.1. The maximum atomic E-state index is 5.18. The van der Waals surface area contributed by atoms with Crippen LogP contribution in [0.3, 0.4) is 0 Å². The summed E-state index contributed by atoms with van der Waals surface area (Å²) in [7, 11) is 0. The van der Waals surface area contributed by atoms with Gasteiger partial charge in [0, 0.05) is 23.5 Å². The highest BCUT2D eigenvalue weighted by Crippen LogP contribution is 2.29. The van der Waals surface area contributed by atoms with Crippen LogP contribution < -0.4 is 0 Å². The summed E-state index contributed by atoms with van der Waals surface area (Å²) in [4.78, 5) is 7.68. The Morgan fingerprint density at radius 2 is 2.18 bits per heavy atom. The van der Waals surface area contributed by atoms with E-state index in [2.05, 4.69) is 43.8 Å². The summed E-state index contributed by atoms with van der Waals surface area (Å²) in [5, 5.41) is 3.96. The number of hydrogen-bond acceptors (Lipinski definition) is 3. The van der Waals surface area contributed by atoms with Gasteiger partial charge in [0.1, 0.15) is 11.3 Å². The number of rotatable bonds is 1. The number of aryl methyl sites for hydroxylation is 2. The fourth-order valence-corrected chi connectivity index (χ4v) is 2.59. The lowest BCUT2D eigenvalue weighted by molar-refractivity contribution is 0.393. The average Bonchev–Trinajstić information content (AvgIpc) is 2.83. The molecular weight excluding hydrogens is 329 g/mol. The van der Waals surface area contributed by atoms with Crippen LogP contribution in [0.4, 0.5) is 0 Å². The lowest BCUT2D eigenvalue weighted by atomic mass is 10.1. The number of H-pyrrole nitrogens is 1. The Labute approximate surface area is 112 Å². The molecule has 5 heteroatoms. The summed E-state index contributed by atoms with van der Waals surface area (Å²) >= 11 is 2.27. The lowest BCUT2D eigenvalue weighted by Crippen LogP contribution is -1.85. The number of aromatic amines is 1. The number of nitrogens with zero attached hydrogens (tertiary/aromatic N) is 2. The molecule has 86 valence electrons. The maximum Gasteiger partial charge on any atom is 0.141 e. The van der Waals surface area contributed by atoms with Crippen LogP contribution in [-0.4, -0.2) is 15.1 Å². The minimum atomic E-state index is 0.824. The number of pyridine rings is 1. The molecule has 3 aromatic heterocycles. The van der Waals surface area contributed by atoms with Gasteiger partial charge in [-0.2, -0.15) is 0 Å². The molecule has 0 saturated heterocycles. The summed E-state index contributed by atoms with van der Waals surface area (Å²) in [6, 6.07) is 2.08. The predicted molar refractivity (Wildman–Crippen MR) is 73.8 cm³/mol. The largest absolute Gasteiger partial charge is 0.361 e. The number of aromatic nitrogens is 3. The molecule has 0 spiro atoms. The smallest absolute Gasteiger partial charge is 0.141 e. The number of halogens is 1. The molecule has 17 heavy (non-hydrogen) atoms. The molecule has 1 N–H and O–H groups in total. The highest BCUT2D eigenvalue weighted by Gasteiger charge is 2.13. The monoisotopic (exact) mass is 339 g/mol. The highest BCUT2D eigenvalue weighted by atomic mass is 127. The molecule has 0 aromatic carbocycles. The van der Waals surface area contributed by atoms with Crippen molar-refractivity contribution in [1.29, 1.82) is 0 Å². The number of fused-ring (bicyclic) bond motifs is 1. The Hall–Kier alpha value is -1.37. The van der Waals surface area contributed by atoms with Gasteiger partial charge in [-0.05, 0) is 42.5 Å². The minimum Gasteiger partial charge on any atom is -0.361 e. The third-order valence-corrected chi connectivity index (χ3v) is 3.61. The second-order valence-electron chi connectivity index (χ2n) is 3.96. The Balaban J connectivity index is 2.25. The summed E-state index contributed by atoms with van der Waals surface area (Å²) in [5.41, 5.74) is 4.99. The summed E-state index contributed by atoms with van der Waals surface area (Å²) in [6.07, 6.45) is 3.82. The van der Waals surface area contributed by atoms with Crippen molar-refractivity contribution in [2.75, 3.05) is 0 Å². The van der Waals surface area contributed by atoms with E-state index in [4.69, 9.17) is 4.52 Å². The summed E-state index contributed by atoms with van der Waals surface area (Å²) in [5.74, 6) is 0.824. The van der Waals surface area contributed by atoms with Crippen LogP contribution >= 0.6 is 22.6 Å². The van der Waals surface area contributed by atoms with E-state index in [0.717, 1.165) is 37.2 Å². The van der Waals surface area contributed by atoms with Gasteiger partial charge >= 0.3 is 0 Å². The second-order valence-corrected chi connectivity index (χ2v) is 5.12. The molecule has 4 nitrogen and oxygen atoms in total. The zero-order chi connectivity index (χ0) is 12.0. The molecule has 3 aromatic rings. The van der Waals surface area contributed by atoms with Crippen LogP contribution in [0.25, 0.3) is 22.2 Å². The standard InChI is InChI=1S/C12H10IN3O/c1-6-11(7(2)17-16-6)8-3-10-12(15-4-8)9(13)5-14-10/h3-5,14H,1-2H3. The van der Waals surface area contributed by atoms with Crippen molar-refractivity contribution < 1.29 is 4.52 Å². The fourth-order valence-electron chi connectivity index (χ4n) is 2.01. The first kappa shape index (κ1) is 10.8. The normalized spacial score (nSPS) is 11.2. The molecule has 0 atom stereocenters. The topological polar surface area (TPSA) is 54.7 Å². The first-order valence-electron chi connectivity index (χ1n) is 5.22. The van der Waals surface area contributed by atoms with Crippen molar-refractivity contribution >= 4 is 33.6 Å². The molecule has 0 aliphatic carbocycles. The van der Waals surface area contributed by atoms with Gasteiger partial charge in [-0.25, -0.2) is 0 Å². The van der Waals surface area contributed by atoms with Crippen molar-refractivity contribution in [2.24, 2.45) is 0 Å². The second kappa shape index (κ2) is 3.83. The van der Waals surface area contributed by atoms with E-state index in [0.29, 0.717) is 0 Å². The third kappa shape index (κ3) is 1.65. The number of hydrogen-bond donors (Lipinski definition) is 1. The predicted octanol–water partition coefficient (Wildman–Crippen LogP) is 3.44. The van der Waals surface area contributed by atoms with Crippen LogP contribution in [0.5, 0.6) is 0 Å². The van der Waals surface area contributed by atoms with Crippen LogP contribution in [0, 0.1) is 17.4 Å². The Kier molecular flexibility index (Phi) is 2.43. The van der Waals surface area contributed by atoms with E-state index in [-0.39, 0.29) is 0 Å². The van der Waals surface area contributed by atoms with Crippen LogP contribution in [0.1, 0.15) is 11.5 Å². The first-order valence-corrected chi connectivity index (χ1v) is 6.30. The van der Waals surface area contributed by atoms with Crippen molar-refractivity contribution in [1.82, 2.24) is 15.1 Å². The molecule has 0 aliphatic rings. The van der Waals surface area contributed by atoms with E-state index < -0.39 is 0 Å². The van der Waals surface area contributed by atoms with Gasteiger partial charge < -0.3 is 9.51 Å². The molecule has 0 unspecified atom stereocenters. The van der Waals surface area contributed by atoms with E-state index in [9.17, 15) is 0 Å². The summed E-state index contributed by atoms with van der Waals surface area (Å²) in [6.45, 7) is 3.85. The van der Waals surface area contributed by atoms with Gasteiger partial charge in [-0.15, -0.1) is 0 Å². The zero-order valence-corrected chi connectivity index (χ0v) is 11.6. The Morgan fingerprint density at radius 3 is 2.88 bits per heavy atom. The fraction of sp³-hybridized carbons (Fsp3) is 0.167. The maximum absolute atomic E-state index is 5.18. The van der Waals surface area contributed by atoms with Gasteiger partial charge in [0.05, 0.1) is 14.8 Å². The van der Waals surface area contributed by atoms with Gasteiger partial charge in [0.2, 0.25) is 0 Å². The van der Waals surface area contributed by atoms with Gasteiger partial charge in [0.15, 0.2) is 0 Å². The zero-order valence-electron chi connectivity index (χ0n) is 9.41. The Morgan fingerprint density at radius 1 is 1.35 bits per heavy atom. The quantitative estimate of drug-likeness (QED) is 0.691. The molecule has 3 heterocycles. The average molecular weight is 339 g/mol. The van der Waals surface area contributed by atoms with Crippen LogP contribution in [-0.2, 0) is 0 Å². The Bertz CT molecular complexity index is 679. The van der Waals surface area contributed by atoms with Crippen LogP contribution in [0.15, 0.2) is 23.0 Å². The minimum absolute atomic E-state index is 0.824. The third-order valence-electron chi connectivity index (χ3n) is 2.79. The van der Waals surface area contributed by atoms with Crippen LogP contribution in [0.2, 0.25) is 0 Å². The first-order chi connectivity index (χ1) is 8.16. The van der Waals surface area contributed by atoms with E-state index >= 15 is 0 Å². The number of nitrogens with one attached hydrogen (secondary N) is 1. The molecule has 0 amide bonds.